The van der Waals surface area contributed by atoms with E-state index in [9.17, 15) is 14.4 Å². The second-order valence-electron chi connectivity index (χ2n) is 4.68. The SMILES string of the molecule is C=C=C(OC(=O)C(=C)C)c1ccccc1.C=CC(=O)O.C=CC(=O)OCCO. The van der Waals surface area contributed by atoms with Crippen molar-refractivity contribution in [2.45, 2.75) is 6.92 Å². The van der Waals surface area contributed by atoms with Gasteiger partial charge >= 0.3 is 17.9 Å². The number of carbonyl (C=O) groups excluding carboxylic acids is 2. The molecule has 0 fully saturated rings. The summed E-state index contributed by atoms with van der Waals surface area (Å²) in [5, 5.41) is 15.7. The van der Waals surface area contributed by atoms with Crippen LogP contribution in [-0.4, -0.2) is 41.3 Å². The molecule has 7 heteroatoms. The van der Waals surface area contributed by atoms with Crippen molar-refractivity contribution >= 4 is 23.7 Å². The average molecular weight is 388 g/mol. The predicted octanol–water partition coefficient (Wildman–Crippen LogP) is 2.90. The van der Waals surface area contributed by atoms with Crippen molar-refractivity contribution in [3.8, 4) is 0 Å². The third-order valence-electron chi connectivity index (χ3n) is 2.42. The summed E-state index contributed by atoms with van der Waals surface area (Å²) >= 11 is 0. The Balaban J connectivity index is 0. The third-order valence-corrected chi connectivity index (χ3v) is 2.42. The van der Waals surface area contributed by atoms with Crippen molar-refractivity contribution in [2.24, 2.45) is 0 Å². The monoisotopic (exact) mass is 388 g/mol. The number of hydrogen-bond donors (Lipinski definition) is 2. The first-order valence-corrected chi connectivity index (χ1v) is 7.81. The summed E-state index contributed by atoms with van der Waals surface area (Å²) in [5.41, 5.74) is 3.70. The van der Waals surface area contributed by atoms with Gasteiger partial charge < -0.3 is 19.7 Å². The Morgan fingerprint density at radius 3 is 2.04 bits per heavy atom. The van der Waals surface area contributed by atoms with E-state index < -0.39 is 17.9 Å². The Kier molecular flexibility index (Phi) is 15.9. The number of esters is 2. The van der Waals surface area contributed by atoms with E-state index in [4.69, 9.17) is 14.9 Å². The summed E-state index contributed by atoms with van der Waals surface area (Å²) < 4.78 is 9.39. The van der Waals surface area contributed by atoms with Gasteiger partial charge in [0.25, 0.3) is 0 Å². The van der Waals surface area contributed by atoms with Crippen LogP contribution in [0.1, 0.15) is 12.5 Å². The van der Waals surface area contributed by atoms with Crippen molar-refractivity contribution in [3.05, 3.63) is 85.7 Å². The maximum atomic E-state index is 11.3. The molecule has 1 aromatic carbocycles. The average Bonchev–Trinajstić information content (AvgIpc) is 2.71. The molecule has 7 nitrogen and oxygen atoms in total. The number of ether oxygens (including phenoxy) is 2. The maximum Gasteiger partial charge on any atom is 0.339 e. The van der Waals surface area contributed by atoms with Crippen molar-refractivity contribution in [3.63, 3.8) is 0 Å². The zero-order valence-electron chi connectivity index (χ0n) is 15.7. The van der Waals surface area contributed by atoms with Gasteiger partial charge in [0.15, 0.2) is 5.76 Å². The fourth-order valence-corrected chi connectivity index (χ4v) is 1.17. The first-order valence-electron chi connectivity index (χ1n) is 7.81. The van der Waals surface area contributed by atoms with Crippen LogP contribution in [0.2, 0.25) is 0 Å². The normalized spacial score (nSPS) is 8.21. The van der Waals surface area contributed by atoms with Crippen LogP contribution in [0.4, 0.5) is 0 Å². The van der Waals surface area contributed by atoms with Crippen molar-refractivity contribution in [1.29, 1.82) is 0 Å². The van der Waals surface area contributed by atoms with E-state index >= 15 is 0 Å². The van der Waals surface area contributed by atoms with Gasteiger partial charge in [-0.1, -0.05) is 62.4 Å². The third kappa shape index (κ3) is 14.7. The van der Waals surface area contributed by atoms with Gasteiger partial charge in [0.05, 0.1) is 6.61 Å². The van der Waals surface area contributed by atoms with Crippen LogP contribution in [-0.2, 0) is 23.9 Å². The van der Waals surface area contributed by atoms with Crippen LogP contribution in [0.5, 0.6) is 0 Å². The summed E-state index contributed by atoms with van der Waals surface area (Å²) in [6.45, 7) is 14.6. The fraction of sp³-hybridized carbons (Fsp3) is 0.143. The van der Waals surface area contributed by atoms with E-state index in [1.54, 1.807) is 6.92 Å². The van der Waals surface area contributed by atoms with E-state index in [1.165, 1.54) is 0 Å². The minimum absolute atomic E-state index is 0.0465. The fourth-order valence-electron chi connectivity index (χ4n) is 1.17. The summed E-state index contributed by atoms with van der Waals surface area (Å²) in [5.74, 6) is -1.63. The molecule has 0 saturated heterocycles. The summed E-state index contributed by atoms with van der Waals surface area (Å²) in [4.78, 5) is 30.6. The van der Waals surface area contributed by atoms with Crippen LogP contribution in [0, 0.1) is 0 Å². The molecule has 28 heavy (non-hydrogen) atoms. The first kappa shape index (κ1) is 26.6. The number of benzene rings is 1. The Labute approximate surface area is 164 Å². The molecule has 1 aromatic rings. The van der Waals surface area contributed by atoms with Gasteiger partial charge in [-0.2, -0.15) is 0 Å². The van der Waals surface area contributed by atoms with Crippen LogP contribution >= 0.6 is 0 Å². The van der Waals surface area contributed by atoms with E-state index in [0.29, 0.717) is 11.3 Å². The first-order chi connectivity index (χ1) is 13.2. The molecule has 0 saturated carbocycles. The van der Waals surface area contributed by atoms with Crippen LogP contribution in [0.3, 0.4) is 0 Å². The lowest BCUT2D eigenvalue weighted by molar-refractivity contribution is -0.138. The topological polar surface area (TPSA) is 110 Å². The van der Waals surface area contributed by atoms with Gasteiger partial charge in [-0.25, -0.2) is 14.4 Å². The Bertz CT molecular complexity index is 726. The Hall–Kier alpha value is -3.67. The zero-order valence-corrected chi connectivity index (χ0v) is 15.7. The van der Waals surface area contributed by atoms with E-state index in [1.807, 2.05) is 30.3 Å². The molecule has 0 bridgehead atoms. The number of carbonyl (C=O) groups is 3. The summed E-state index contributed by atoms with van der Waals surface area (Å²) in [6, 6.07) is 9.21. The molecule has 0 unspecified atom stereocenters. The molecule has 0 atom stereocenters. The molecule has 0 heterocycles. The Morgan fingerprint density at radius 1 is 1.14 bits per heavy atom. The highest BCUT2D eigenvalue weighted by molar-refractivity contribution is 5.91. The van der Waals surface area contributed by atoms with Crippen molar-refractivity contribution in [1.82, 2.24) is 0 Å². The molecule has 0 aliphatic heterocycles. The molecule has 0 radical (unpaired) electrons. The minimum Gasteiger partial charge on any atom is -0.478 e. The van der Waals surface area contributed by atoms with Gasteiger partial charge in [-0.3, -0.25) is 0 Å². The Morgan fingerprint density at radius 2 is 1.68 bits per heavy atom. The minimum atomic E-state index is -0.981. The van der Waals surface area contributed by atoms with Crippen molar-refractivity contribution < 1.29 is 34.1 Å². The maximum absolute atomic E-state index is 11.3. The molecule has 0 amide bonds. The lowest BCUT2D eigenvalue weighted by atomic mass is 10.2. The largest absolute Gasteiger partial charge is 0.478 e. The summed E-state index contributed by atoms with van der Waals surface area (Å²) in [7, 11) is 0. The molecule has 150 valence electrons. The second kappa shape index (κ2) is 16.8. The van der Waals surface area contributed by atoms with Gasteiger partial charge in [-0.15, -0.1) is 0 Å². The molecular weight excluding hydrogens is 364 g/mol. The van der Waals surface area contributed by atoms with Gasteiger partial charge in [0, 0.05) is 23.3 Å². The molecule has 2 N–H and O–H groups in total. The van der Waals surface area contributed by atoms with E-state index in [2.05, 4.69) is 36.8 Å². The van der Waals surface area contributed by atoms with Gasteiger partial charge in [0.2, 0.25) is 0 Å². The quantitative estimate of drug-likeness (QED) is 0.320. The lowest BCUT2D eigenvalue weighted by Gasteiger charge is -2.05. The zero-order chi connectivity index (χ0) is 21.9. The highest BCUT2D eigenvalue weighted by atomic mass is 16.5. The highest BCUT2D eigenvalue weighted by Gasteiger charge is 2.08. The summed E-state index contributed by atoms with van der Waals surface area (Å²) in [6.07, 6.45) is 1.88. The smallest absolute Gasteiger partial charge is 0.339 e. The van der Waals surface area contributed by atoms with Crippen LogP contribution < -0.4 is 0 Å². The number of carboxylic acids is 1. The molecule has 0 aromatic heterocycles. The standard InChI is InChI=1S/C13H12O2.C5H8O3.C3H4O2/c1-4-12(15-13(14)10(2)3)11-8-6-5-7-9-11;1-2-5(7)8-4-3-6;1-2-3(4)5/h5-9H,1-2H2,3H3;2,6H,1,3-4H2;2H,1H2,(H,4,5). The number of carboxylic acid groups (broad SMARTS) is 1. The lowest BCUT2D eigenvalue weighted by Crippen LogP contribution is -2.04. The molecular formula is C21H24O7. The molecule has 0 aliphatic carbocycles. The number of rotatable bonds is 7. The van der Waals surface area contributed by atoms with Crippen LogP contribution in [0.25, 0.3) is 5.76 Å². The molecule has 1 rings (SSSR count). The van der Waals surface area contributed by atoms with Crippen LogP contribution in [0.15, 0.2) is 80.1 Å². The van der Waals surface area contributed by atoms with E-state index in [0.717, 1.165) is 17.7 Å². The number of aliphatic hydroxyl groups is 1. The predicted molar refractivity (Wildman–Crippen MR) is 106 cm³/mol. The molecule has 0 aliphatic rings. The highest BCUT2D eigenvalue weighted by Crippen LogP contribution is 2.15. The molecule has 0 spiro atoms. The second-order valence-corrected chi connectivity index (χ2v) is 4.68. The van der Waals surface area contributed by atoms with Crippen molar-refractivity contribution in [2.75, 3.05) is 13.2 Å². The number of aliphatic carboxylic acids is 1. The van der Waals surface area contributed by atoms with Gasteiger partial charge in [-0.05, 0) is 6.92 Å². The number of aliphatic hydroxyl groups excluding tert-OH is 1. The van der Waals surface area contributed by atoms with Gasteiger partial charge in [0.1, 0.15) is 6.61 Å². The number of hydrogen-bond acceptors (Lipinski definition) is 6. The van der Waals surface area contributed by atoms with E-state index in [-0.39, 0.29) is 13.2 Å².